The van der Waals surface area contributed by atoms with Crippen LogP contribution in [0.15, 0.2) is 45.7 Å². The monoisotopic (exact) mass is 329 g/mol. The number of thioether (sulfide) groups is 1. The van der Waals surface area contributed by atoms with Crippen molar-refractivity contribution in [3.8, 4) is 0 Å². The lowest BCUT2D eigenvalue weighted by atomic mass is 10.1. The van der Waals surface area contributed by atoms with Gasteiger partial charge in [0.25, 0.3) is 5.91 Å². The van der Waals surface area contributed by atoms with Gasteiger partial charge in [-0.05, 0) is 31.5 Å². The van der Waals surface area contributed by atoms with Gasteiger partial charge in [-0.15, -0.1) is 0 Å². The van der Waals surface area contributed by atoms with Crippen LogP contribution in [0.25, 0.3) is 6.08 Å². The molecule has 1 amide bonds. The Morgan fingerprint density at radius 2 is 1.91 bits per heavy atom. The van der Waals surface area contributed by atoms with Crippen molar-refractivity contribution in [1.82, 2.24) is 4.90 Å². The molecule has 22 heavy (non-hydrogen) atoms. The lowest BCUT2D eigenvalue weighted by molar-refractivity contribution is -0.122. The van der Waals surface area contributed by atoms with Gasteiger partial charge in [0.1, 0.15) is 15.8 Å². The van der Waals surface area contributed by atoms with E-state index < -0.39 is 0 Å². The summed E-state index contributed by atoms with van der Waals surface area (Å²) < 4.78 is 6.08. The van der Waals surface area contributed by atoms with Crippen molar-refractivity contribution in [2.24, 2.45) is 0 Å². The maximum Gasteiger partial charge on any atom is 0.266 e. The second-order valence-electron chi connectivity index (χ2n) is 5.20. The third-order valence-electron chi connectivity index (χ3n) is 3.37. The quantitative estimate of drug-likeness (QED) is 0.621. The van der Waals surface area contributed by atoms with E-state index in [2.05, 4.69) is 0 Å². The van der Waals surface area contributed by atoms with Crippen LogP contribution in [-0.4, -0.2) is 15.1 Å². The van der Waals surface area contributed by atoms with Crippen LogP contribution in [0.4, 0.5) is 0 Å². The maximum atomic E-state index is 12.5. The number of carbonyl (C=O) groups excluding carboxylic acids is 1. The molecule has 1 aromatic carbocycles. The predicted molar refractivity (Wildman–Crippen MR) is 93.3 cm³/mol. The highest BCUT2D eigenvalue weighted by molar-refractivity contribution is 8.26. The highest BCUT2D eigenvalue weighted by Gasteiger charge is 2.32. The minimum atomic E-state index is -0.0652. The molecule has 112 valence electrons. The van der Waals surface area contributed by atoms with Gasteiger partial charge in [-0.2, -0.15) is 0 Å². The van der Waals surface area contributed by atoms with E-state index in [1.165, 1.54) is 17.3 Å². The molecule has 1 saturated heterocycles. The number of thiocarbonyl (C=S) groups is 1. The average molecular weight is 329 g/mol. The summed E-state index contributed by atoms with van der Waals surface area (Å²) in [5.74, 6) is 1.43. The Morgan fingerprint density at radius 1 is 1.18 bits per heavy atom. The van der Waals surface area contributed by atoms with E-state index in [1.807, 2.05) is 50.2 Å². The summed E-state index contributed by atoms with van der Waals surface area (Å²) in [5.41, 5.74) is 2.26. The number of aryl methyl sites for hydroxylation is 2. The number of carbonyl (C=O) groups is 1. The molecule has 1 aliphatic rings. The standard InChI is InChI=1S/C17H15NO2S2/c1-11-3-6-13(7-4-11)10-18-16(19)15(22-17(18)21)9-14-8-5-12(2)20-14/h3-9H,10H2,1-2H3/b15-9+. The minimum absolute atomic E-state index is 0.0652. The Bertz CT molecular complexity index is 759. The van der Waals surface area contributed by atoms with Crippen LogP contribution in [-0.2, 0) is 11.3 Å². The van der Waals surface area contributed by atoms with Gasteiger partial charge in [0.15, 0.2) is 0 Å². The van der Waals surface area contributed by atoms with Crippen LogP contribution < -0.4 is 0 Å². The van der Waals surface area contributed by atoms with E-state index in [0.717, 1.165) is 11.3 Å². The minimum Gasteiger partial charge on any atom is -0.462 e. The number of rotatable bonds is 3. The van der Waals surface area contributed by atoms with Crippen molar-refractivity contribution in [2.75, 3.05) is 0 Å². The summed E-state index contributed by atoms with van der Waals surface area (Å²) in [6, 6.07) is 11.8. The van der Waals surface area contributed by atoms with E-state index >= 15 is 0 Å². The molecule has 1 fully saturated rings. The van der Waals surface area contributed by atoms with Crippen LogP contribution in [0, 0.1) is 13.8 Å². The van der Waals surface area contributed by atoms with Crippen molar-refractivity contribution >= 4 is 40.3 Å². The van der Waals surface area contributed by atoms with Crippen LogP contribution >= 0.6 is 24.0 Å². The topological polar surface area (TPSA) is 33.5 Å². The number of benzene rings is 1. The molecule has 0 saturated carbocycles. The third-order valence-corrected chi connectivity index (χ3v) is 4.75. The number of nitrogens with zero attached hydrogens (tertiary/aromatic N) is 1. The zero-order valence-electron chi connectivity index (χ0n) is 12.3. The Labute approximate surface area is 139 Å². The SMILES string of the molecule is Cc1ccc(CN2C(=O)/C(=C\c3ccc(C)o3)SC2=S)cc1. The first-order valence-electron chi connectivity index (χ1n) is 6.90. The highest BCUT2D eigenvalue weighted by Crippen LogP contribution is 2.33. The first kappa shape index (κ1) is 15.1. The van der Waals surface area contributed by atoms with Crippen molar-refractivity contribution < 1.29 is 9.21 Å². The molecule has 2 heterocycles. The van der Waals surface area contributed by atoms with E-state index in [1.54, 1.807) is 11.0 Å². The van der Waals surface area contributed by atoms with Crippen LogP contribution in [0.2, 0.25) is 0 Å². The number of hydrogen-bond acceptors (Lipinski definition) is 4. The molecular weight excluding hydrogens is 314 g/mol. The Kier molecular flexibility index (Phi) is 4.18. The molecule has 3 rings (SSSR count). The lowest BCUT2D eigenvalue weighted by Gasteiger charge is -2.14. The van der Waals surface area contributed by atoms with Crippen molar-refractivity contribution in [1.29, 1.82) is 0 Å². The molecular formula is C17H15NO2S2. The van der Waals surface area contributed by atoms with Crippen molar-refractivity contribution in [3.63, 3.8) is 0 Å². The average Bonchev–Trinajstić information content (AvgIpc) is 3.00. The number of furan rings is 1. The van der Waals surface area contributed by atoms with E-state index in [0.29, 0.717) is 21.5 Å². The van der Waals surface area contributed by atoms with Gasteiger partial charge in [0.2, 0.25) is 0 Å². The van der Waals surface area contributed by atoms with Gasteiger partial charge in [-0.25, -0.2) is 0 Å². The molecule has 0 N–H and O–H groups in total. The van der Waals surface area contributed by atoms with Crippen molar-refractivity contribution in [2.45, 2.75) is 20.4 Å². The molecule has 2 aromatic rings. The first-order valence-corrected chi connectivity index (χ1v) is 8.13. The van der Waals surface area contributed by atoms with Gasteiger partial charge < -0.3 is 4.42 Å². The van der Waals surface area contributed by atoms with Crippen LogP contribution in [0.5, 0.6) is 0 Å². The Morgan fingerprint density at radius 3 is 2.55 bits per heavy atom. The molecule has 0 spiro atoms. The zero-order valence-corrected chi connectivity index (χ0v) is 14.0. The molecule has 0 atom stereocenters. The van der Waals surface area contributed by atoms with Crippen molar-refractivity contribution in [3.05, 3.63) is 64.0 Å². The fraction of sp³-hybridized carbons (Fsp3) is 0.176. The zero-order chi connectivity index (χ0) is 15.7. The largest absolute Gasteiger partial charge is 0.462 e. The van der Waals surface area contributed by atoms with Gasteiger partial charge in [-0.3, -0.25) is 9.69 Å². The van der Waals surface area contributed by atoms with Gasteiger partial charge in [-0.1, -0.05) is 53.8 Å². The van der Waals surface area contributed by atoms with Gasteiger partial charge in [0, 0.05) is 6.08 Å². The molecule has 5 heteroatoms. The lowest BCUT2D eigenvalue weighted by Crippen LogP contribution is -2.27. The fourth-order valence-electron chi connectivity index (χ4n) is 2.17. The molecule has 0 unspecified atom stereocenters. The molecule has 3 nitrogen and oxygen atoms in total. The molecule has 1 aromatic heterocycles. The summed E-state index contributed by atoms with van der Waals surface area (Å²) in [6.07, 6.45) is 1.75. The summed E-state index contributed by atoms with van der Waals surface area (Å²) in [4.78, 5) is 14.7. The summed E-state index contributed by atoms with van der Waals surface area (Å²) in [7, 11) is 0. The molecule has 0 bridgehead atoms. The Hall–Kier alpha value is -1.85. The molecule has 0 radical (unpaired) electrons. The molecule has 1 aliphatic heterocycles. The second-order valence-corrected chi connectivity index (χ2v) is 6.88. The van der Waals surface area contributed by atoms with E-state index in [4.69, 9.17) is 16.6 Å². The number of amides is 1. The third kappa shape index (κ3) is 3.15. The van der Waals surface area contributed by atoms with Gasteiger partial charge in [0.05, 0.1) is 11.4 Å². The maximum absolute atomic E-state index is 12.5. The smallest absolute Gasteiger partial charge is 0.266 e. The van der Waals surface area contributed by atoms with Gasteiger partial charge >= 0.3 is 0 Å². The summed E-state index contributed by atoms with van der Waals surface area (Å²) >= 11 is 6.65. The van der Waals surface area contributed by atoms with Crippen LogP contribution in [0.3, 0.4) is 0 Å². The summed E-state index contributed by atoms with van der Waals surface area (Å²) in [5, 5.41) is 0. The fourth-order valence-corrected chi connectivity index (χ4v) is 3.41. The summed E-state index contributed by atoms with van der Waals surface area (Å²) in [6.45, 7) is 4.41. The highest BCUT2D eigenvalue weighted by atomic mass is 32.2. The second kappa shape index (κ2) is 6.10. The normalized spacial score (nSPS) is 16.8. The predicted octanol–water partition coefficient (Wildman–Crippen LogP) is 4.30. The van der Waals surface area contributed by atoms with E-state index in [-0.39, 0.29) is 5.91 Å². The number of hydrogen-bond donors (Lipinski definition) is 0. The Balaban J connectivity index is 1.79. The first-order chi connectivity index (χ1) is 10.5. The van der Waals surface area contributed by atoms with E-state index in [9.17, 15) is 4.79 Å². The van der Waals surface area contributed by atoms with Crippen LogP contribution in [0.1, 0.15) is 22.6 Å². The molecule has 0 aliphatic carbocycles.